The molecule has 2 heterocycles. The van der Waals surface area contributed by atoms with Crippen molar-refractivity contribution in [3.8, 4) is 11.4 Å². The third-order valence-electron chi connectivity index (χ3n) is 2.84. The predicted octanol–water partition coefficient (Wildman–Crippen LogP) is 2.11. The second-order valence-corrected chi connectivity index (χ2v) is 4.30. The highest BCUT2D eigenvalue weighted by molar-refractivity contribution is 5.57. The molecule has 2 N–H and O–H groups in total. The van der Waals surface area contributed by atoms with Crippen LogP contribution in [0, 0.1) is 6.92 Å². The quantitative estimate of drug-likeness (QED) is 0.790. The summed E-state index contributed by atoms with van der Waals surface area (Å²) < 4.78 is 5.23. The Morgan fingerprint density at radius 3 is 2.94 bits per heavy atom. The largest absolute Gasteiger partial charge is 0.339 e. The minimum Gasteiger partial charge on any atom is -0.339 e. The maximum atomic E-state index is 5.45. The van der Waals surface area contributed by atoms with E-state index in [-0.39, 0.29) is 0 Å². The molecule has 2 aromatic heterocycles. The fourth-order valence-corrected chi connectivity index (χ4v) is 1.76. The predicted molar refractivity (Wildman–Crippen MR) is 68.9 cm³/mol. The Labute approximate surface area is 106 Å². The number of aryl methyl sites for hydroxylation is 2. The monoisotopic (exact) mass is 246 g/mol. The van der Waals surface area contributed by atoms with Crippen LogP contribution in [-0.4, -0.2) is 21.7 Å². The van der Waals surface area contributed by atoms with Gasteiger partial charge in [0.25, 0.3) is 0 Å². The zero-order chi connectivity index (χ0) is 12.8. The summed E-state index contributed by atoms with van der Waals surface area (Å²) in [6, 6.07) is 1.94. The van der Waals surface area contributed by atoms with Crippen LogP contribution in [0.5, 0.6) is 0 Å². The van der Waals surface area contributed by atoms with Gasteiger partial charge in [0.2, 0.25) is 11.7 Å². The van der Waals surface area contributed by atoms with E-state index in [4.69, 9.17) is 10.3 Å². The zero-order valence-electron chi connectivity index (χ0n) is 10.6. The van der Waals surface area contributed by atoms with Crippen LogP contribution in [0.4, 0.5) is 0 Å². The van der Waals surface area contributed by atoms with E-state index in [2.05, 4.69) is 15.1 Å². The summed E-state index contributed by atoms with van der Waals surface area (Å²) in [5, 5.41) is 4.00. The first-order valence-corrected chi connectivity index (χ1v) is 6.25. The van der Waals surface area contributed by atoms with Gasteiger partial charge in [0.15, 0.2) is 0 Å². The fourth-order valence-electron chi connectivity index (χ4n) is 1.76. The molecule has 0 atom stereocenters. The van der Waals surface area contributed by atoms with Gasteiger partial charge >= 0.3 is 0 Å². The van der Waals surface area contributed by atoms with E-state index in [0.717, 1.165) is 43.4 Å². The van der Waals surface area contributed by atoms with Crippen molar-refractivity contribution in [1.82, 2.24) is 15.1 Å². The minimum atomic E-state index is 0.620. The lowest BCUT2D eigenvalue weighted by Gasteiger charge is -1.97. The molecule has 0 amide bonds. The van der Waals surface area contributed by atoms with Crippen LogP contribution in [-0.2, 0) is 6.42 Å². The molecule has 0 aliphatic rings. The average molecular weight is 246 g/mol. The van der Waals surface area contributed by atoms with Crippen molar-refractivity contribution in [2.45, 2.75) is 32.6 Å². The van der Waals surface area contributed by atoms with Gasteiger partial charge in [-0.1, -0.05) is 11.6 Å². The number of aromatic nitrogens is 3. The lowest BCUT2D eigenvalue weighted by Crippen LogP contribution is -1.98. The van der Waals surface area contributed by atoms with Crippen molar-refractivity contribution < 1.29 is 4.52 Å². The van der Waals surface area contributed by atoms with E-state index in [1.54, 1.807) is 12.4 Å². The molecule has 2 rings (SSSR count). The first-order chi connectivity index (χ1) is 8.81. The molecule has 5 heteroatoms. The fraction of sp³-hybridized carbons (Fsp3) is 0.462. The number of rotatable bonds is 6. The van der Waals surface area contributed by atoms with Crippen molar-refractivity contribution in [1.29, 1.82) is 0 Å². The zero-order valence-corrected chi connectivity index (χ0v) is 10.6. The Hall–Kier alpha value is -1.75. The maximum Gasteiger partial charge on any atom is 0.226 e. The maximum absolute atomic E-state index is 5.45. The smallest absolute Gasteiger partial charge is 0.226 e. The molecule has 0 aliphatic carbocycles. The van der Waals surface area contributed by atoms with Gasteiger partial charge in [0, 0.05) is 24.4 Å². The van der Waals surface area contributed by atoms with Crippen LogP contribution < -0.4 is 5.73 Å². The summed E-state index contributed by atoms with van der Waals surface area (Å²) in [5.74, 6) is 1.31. The van der Waals surface area contributed by atoms with E-state index in [1.165, 1.54) is 0 Å². The number of hydrogen-bond donors (Lipinski definition) is 1. The third-order valence-corrected chi connectivity index (χ3v) is 2.84. The van der Waals surface area contributed by atoms with Gasteiger partial charge in [0.1, 0.15) is 0 Å². The average Bonchev–Trinajstić information content (AvgIpc) is 2.84. The molecule has 5 nitrogen and oxygen atoms in total. The van der Waals surface area contributed by atoms with Gasteiger partial charge in [-0.2, -0.15) is 4.98 Å². The highest BCUT2D eigenvalue weighted by Gasteiger charge is 2.10. The molecule has 0 unspecified atom stereocenters. The molecular formula is C13H18N4O. The second kappa shape index (κ2) is 6.26. The van der Waals surface area contributed by atoms with Crippen molar-refractivity contribution in [2.24, 2.45) is 5.73 Å². The summed E-state index contributed by atoms with van der Waals surface area (Å²) in [6.07, 6.45) is 7.51. The Bertz CT molecular complexity index is 495. The first kappa shape index (κ1) is 12.7. The molecule has 18 heavy (non-hydrogen) atoms. The van der Waals surface area contributed by atoms with Gasteiger partial charge in [-0.25, -0.2) is 0 Å². The molecular weight excluding hydrogens is 228 g/mol. The molecule has 2 aromatic rings. The molecule has 0 fully saturated rings. The van der Waals surface area contributed by atoms with E-state index in [0.29, 0.717) is 11.7 Å². The molecule has 0 spiro atoms. The molecule has 0 aliphatic heterocycles. The Morgan fingerprint density at radius 2 is 2.17 bits per heavy atom. The van der Waals surface area contributed by atoms with Crippen LogP contribution in [0.15, 0.2) is 23.0 Å². The topological polar surface area (TPSA) is 77.8 Å². The van der Waals surface area contributed by atoms with Gasteiger partial charge in [-0.15, -0.1) is 0 Å². The number of hydrogen-bond acceptors (Lipinski definition) is 5. The van der Waals surface area contributed by atoms with Crippen molar-refractivity contribution >= 4 is 0 Å². The van der Waals surface area contributed by atoms with Crippen LogP contribution in [0.25, 0.3) is 11.4 Å². The van der Waals surface area contributed by atoms with Crippen molar-refractivity contribution in [3.05, 3.63) is 29.9 Å². The highest BCUT2D eigenvalue weighted by Crippen LogP contribution is 2.19. The van der Waals surface area contributed by atoms with Crippen molar-refractivity contribution in [3.63, 3.8) is 0 Å². The molecule has 96 valence electrons. The number of nitrogens with zero attached hydrogens (tertiary/aromatic N) is 3. The highest BCUT2D eigenvalue weighted by atomic mass is 16.5. The van der Waals surface area contributed by atoms with E-state index < -0.39 is 0 Å². The van der Waals surface area contributed by atoms with Crippen LogP contribution in [0.2, 0.25) is 0 Å². The van der Waals surface area contributed by atoms with Gasteiger partial charge in [-0.3, -0.25) is 4.98 Å². The SMILES string of the molecule is Cc1ccncc1-c1noc(CCCCCN)n1. The Morgan fingerprint density at radius 1 is 1.28 bits per heavy atom. The first-order valence-electron chi connectivity index (χ1n) is 6.25. The van der Waals surface area contributed by atoms with Crippen LogP contribution in [0.3, 0.4) is 0 Å². The van der Waals surface area contributed by atoms with E-state index >= 15 is 0 Å². The molecule has 0 saturated carbocycles. The van der Waals surface area contributed by atoms with Gasteiger partial charge in [0.05, 0.1) is 0 Å². The van der Waals surface area contributed by atoms with Crippen LogP contribution in [0.1, 0.15) is 30.7 Å². The number of unbranched alkanes of at least 4 members (excludes halogenated alkanes) is 2. The van der Waals surface area contributed by atoms with Crippen molar-refractivity contribution in [2.75, 3.05) is 6.54 Å². The standard InChI is InChI=1S/C13H18N4O/c1-10-6-8-15-9-11(10)13-16-12(18-17-13)5-3-2-4-7-14/h6,8-9H,2-5,7,14H2,1H3. The number of pyridine rings is 1. The molecule has 0 aromatic carbocycles. The molecule has 0 bridgehead atoms. The lowest BCUT2D eigenvalue weighted by molar-refractivity contribution is 0.374. The Balaban J connectivity index is 2.00. The van der Waals surface area contributed by atoms with Crippen LogP contribution >= 0.6 is 0 Å². The summed E-state index contributed by atoms with van der Waals surface area (Å²) in [5.41, 5.74) is 7.47. The summed E-state index contributed by atoms with van der Waals surface area (Å²) in [6.45, 7) is 2.75. The summed E-state index contributed by atoms with van der Waals surface area (Å²) in [7, 11) is 0. The summed E-state index contributed by atoms with van der Waals surface area (Å²) in [4.78, 5) is 8.47. The van der Waals surface area contributed by atoms with Gasteiger partial charge in [-0.05, 0) is 37.9 Å². The number of nitrogens with two attached hydrogens (primary N) is 1. The summed E-state index contributed by atoms with van der Waals surface area (Å²) >= 11 is 0. The lowest BCUT2D eigenvalue weighted by atomic mass is 10.1. The van der Waals surface area contributed by atoms with Gasteiger partial charge < -0.3 is 10.3 Å². The Kier molecular flexibility index (Phi) is 4.41. The van der Waals surface area contributed by atoms with E-state index in [9.17, 15) is 0 Å². The normalized spacial score (nSPS) is 10.8. The second-order valence-electron chi connectivity index (χ2n) is 4.30. The minimum absolute atomic E-state index is 0.620. The third kappa shape index (κ3) is 3.13. The molecule has 0 saturated heterocycles. The van der Waals surface area contributed by atoms with E-state index in [1.807, 2.05) is 13.0 Å². The molecule has 0 radical (unpaired) electrons.